The van der Waals surface area contributed by atoms with Gasteiger partial charge in [-0.1, -0.05) is 6.42 Å². The molecule has 3 unspecified atom stereocenters. The lowest BCUT2D eigenvalue weighted by Crippen LogP contribution is -2.52. The van der Waals surface area contributed by atoms with Crippen molar-refractivity contribution < 1.29 is 9.90 Å². The number of nitrogens with two attached hydrogens (primary N) is 1. The summed E-state index contributed by atoms with van der Waals surface area (Å²) in [6.45, 7) is 3.93. The molecule has 104 valence electrons. The molecule has 0 spiro atoms. The van der Waals surface area contributed by atoms with Crippen LogP contribution in [0.4, 0.5) is 0 Å². The maximum absolute atomic E-state index is 12.7. The van der Waals surface area contributed by atoms with Gasteiger partial charge in [-0.2, -0.15) is 0 Å². The quantitative estimate of drug-likeness (QED) is 0.793. The minimum absolute atomic E-state index is 0.0169. The number of aliphatic hydroxyl groups is 1. The van der Waals surface area contributed by atoms with Gasteiger partial charge in [0.15, 0.2) is 0 Å². The molecule has 0 bridgehead atoms. The zero-order chi connectivity index (χ0) is 13.2. The summed E-state index contributed by atoms with van der Waals surface area (Å²) in [7, 11) is 0. The molecule has 18 heavy (non-hydrogen) atoms. The largest absolute Gasteiger partial charge is 0.396 e. The predicted molar refractivity (Wildman–Crippen MR) is 70.9 cm³/mol. The third kappa shape index (κ3) is 2.54. The lowest BCUT2D eigenvalue weighted by Gasteiger charge is -2.39. The highest BCUT2D eigenvalue weighted by molar-refractivity contribution is 5.83. The first kappa shape index (κ1) is 13.8. The van der Waals surface area contributed by atoms with E-state index < -0.39 is 0 Å². The summed E-state index contributed by atoms with van der Waals surface area (Å²) < 4.78 is 0. The molecule has 0 aromatic rings. The Morgan fingerprint density at radius 1 is 1.44 bits per heavy atom. The van der Waals surface area contributed by atoms with Gasteiger partial charge in [0.1, 0.15) is 0 Å². The van der Waals surface area contributed by atoms with Crippen LogP contribution >= 0.6 is 0 Å². The van der Waals surface area contributed by atoms with Gasteiger partial charge in [-0.25, -0.2) is 0 Å². The van der Waals surface area contributed by atoms with Gasteiger partial charge in [0.05, 0.1) is 5.41 Å². The van der Waals surface area contributed by atoms with E-state index in [1.807, 2.05) is 11.8 Å². The second-order valence-corrected chi connectivity index (χ2v) is 6.19. The Morgan fingerprint density at radius 3 is 2.83 bits per heavy atom. The van der Waals surface area contributed by atoms with Gasteiger partial charge in [-0.15, -0.1) is 0 Å². The summed E-state index contributed by atoms with van der Waals surface area (Å²) in [5.74, 6) is 0.712. The summed E-state index contributed by atoms with van der Waals surface area (Å²) >= 11 is 0. The van der Waals surface area contributed by atoms with Crippen molar-refractivity contribution in [3.8, 4) is 0 Å². The van der Waals surface area contributed by atoms with E-state index in [1.54, 1.807) is 0 Å². The highest BCUT2D eigenvalue weighted by atomic mass is 16.3. The molecule has 2 aliphatic rings. The van der Waals surface area contributed by atoms with E-state index >= 15 is 0 Å². The molecule has 2 fully saturated rings. The summed E-state index contributed by atoms with van der Waals surface area (Å²) in [5, 5.41) is 9.02. The van der Waals surface area contributed by atoms with Crippen LogP contribution in [0.25, 0.3) is 0 Å². The smallest absolute Gasteiger partial charge is 0.230 e. The number of carbonyl (C=O) groups is 1. The molecular weight excluding hydrogens is 228 g/mol. The van der Waals surface area contributed by atoms with Gasteiger partial charge in [0.2, 0.25) is 5.91 Å². The molecule has 3 atom stereocenters. The third-order valence-electron chi connectivity index (χ3n) is 4.86. The Hall–Kier alpha value is -0.610. The van der Waals surface area contributed by atoms with Crippen molar-refractivity contribution in [1.82, 2.24) is 4.90 Å². The zero-order valence-electron chi connectivity index (χ0n) is 11.4. The van der Waals surface area contributed by atoms with E-state index in [-0.39, 0.29) is 24.0 Å². The molecule has 4 nitrogen and oxygen atoms in total. The number of aliphatic hydroxyl groups excluding tert-OH is 1. The van der Waals surface area contributed by atoms with Gasteiger partial charge in [-0.05, 0) is 44.9 Å². The fourth-order valence-corrected chi connectivity index (χ4v) is 3.49. The van der Waals surface area contributed by atoms with E-state index in [0.717, 1.165) is 51.6 Å². The van der Waals surface area contributed by atoms with Crippen LogP contribution in [0.5, 0.6) is 0 Å². The maximum atomic E-state index is 12.7. The number of amides is 1. The van der Waals surface area contributed by atoms with Crippen LogP contribution in [-0.2, 0) is 4.79 Å². The molecule has 0 aromatic carbocycles. The molecule has 2 rings (SSSR count). The Balaban J connectivity index is 2.00. The number of likely N-dealkylation sites (tertiary alicyclic amines) is 1. The Bertz CT molecular complexity index is 306. The lowest BCUT2D eigenvalue weighted by atomic mass is 9.82. The molecule has 1 heterocycles. The van der Waals surface area contributed by atoms with E-state index in [4.69, 9.17) is 10.8 Å². The van der Waals surface area contributed by atoms with Crippen molar-refractivity contribution >= 4 is 5.91 Å². The summed E-state index contributed by atoms with van der Waals surface area (Å²) in [4.78, 5) is 14.7. The number of rotatable bonds is 3. The van der Waals surface area contributed by atoms with Crippen molar-refractivity contribution in [2.75, 3.05) is 19.7 Å². The zero-order valence-corrected chi connectivity index (χ0v) is 11.4. The molecule has 0 aromatic heterocycles. The number of hydrogen-bond acceptors (Lipinski definition) is 3. The number of hydrogen-bond donors (Lipinski definition) is 2. The Morgan fingerprint density at radius 2 is 2.22 bits per heavy atom. The number of piperidine rings is 1. The second kappa shape index (κ2) is 5.57. The van der Waals surface area contributed by atoms with Crippen LogP contribution in [0.1, 0.15) is 45.4 Å². The fraction of sp³-hybridized carbons (Fsp3) is 0.929. The molecular formula is C14H26N2O2. The van der Waals surface area contributed by atoms with Gasteiger partial charge in [0.25, 0.3) is 0 Å². The third-order valence-corrected chi connectivity index (χ3v) is 4.86. The summed E-state index contributed by atoms with van der Waals surface area (Å²) in [6, 6.07) is 0.0169. The Labute approximate surface area is 110 Å². The summed E-state index contributed by atoms with van der Waals surface area (Å²) in [5.41, 5.74) is 5.78. The average Bonchev–Trinajstić information content (AvgIpc) is 2.71. The van der Waals surface area contributed by atoms with Crippen LogP contribution in [-0.4, -0.2) is 41.7 Å². The van der Waals surface area contributed by atoms with Gasteiger partial charge < -0.3 is 15.7 Å². The van der Waals surface area contributed by atoms with Gasteiger partial charge in [-0.3, -0.25) is 4.79 Å². The van der Waals surface area contributed by atoms with E-state index in [1.165, 1.54) is 0 Å². The van der Waals surface area contributed by atoms with Gasteiger partial charge in [0, 0.05) is 25.7 Å². The molecule has 4 heteroatoms. The van der Waals surface area contributed by atoms with Crippen molar-refractivity contribution in [3.63, 3.8) is 0 Å². The highest BCUT2D eigenvalue weighted by Gasteiger charge is 2.45. The Kier molecular flexibility index (Phi) is 4.28. The SMILES string of the molecule is CC1(C(=O)N2CCCC(CCO)C2)CCCC1N. The topological polar surface area (TPSA) is 66.6 Å². The van der Waals surface area contributed by atoms with Crippen molar-refractivity contribution in [3.05, 3.63) is 0 Å². The molecule has 0 radical (unpaired) electrons. The maximum Gasteiger partial charge on any atom is 0.230 e. The normalized spacial score (nSPS) is 36.9. The first-order valence-corrected chi connectivity index (χ1v) is 7.23. The van der Waals surface area contributed by atoms with E-state index in [0.29, 0.717) is 5.92 Å². The standard InChI is InChI=1S/C14H26N2O2/c1-14(7-2-5-12(14)15)13(18)16-8-3-4-11(10-16)6-9-17/h11-12,17H,2-10,15H2,1H3. The minimum atomic E-state index is -0.346. The average molecular weight is 254 g/mol. The highest BCUT2D eigenvalue weighted by Crippen LogP contribution is 2.39. The van der Waals surface area contributed by atoms with Crippen LogP contribution in [0.15, 0.2) is 0 Å². The molecule has 1 aliphatic carbocycles. The van der Waals surface area contributed by atoms with Crippen LogP contribution in [0.2, 0.25) is 0 Å². The van der Waals surface area contributed by atoms with Crippen LogP contribution < -0.4 is 5.73 Å². The van der Waals surface area contributed by atoms with Crippen molar-refractivity contribution in [2.45, 2.75) is 51.5 Å². The summed E-state index contributed by atoms with van der Waals surface area (Å²) in [6.07, 6.45) is 5.96. The minimum Gasteiger partial charge on any atom is -0.396 e. The number of carbonyl (C=O) groups excluding carboxylic acids is 1. The molecule has 1 aliphatic heterocycles. The van der Waals surface area contributed by atoms with E-state index in [2.05, 4.69) is 0 Å². The van der Waals surface area contributed by atoms with Crippen LogP contribution in [0.3, 0.4) is 0 Å². The molecule has 3 N–H and O–H groups in total. The monoisotopic (exact) mass is 254 g/mol. The first-order chi connectivity index (χ1) is 8.58. The van der Waals surface area contributed by atoms with E-state index in [9.17, 15) is 4.79 Å². The fourth-order valence-electron chi connectivity index (χ4n) is 3.49. The van der Waals surface area contributed by atoms with Crippen LogP contribution in [0, 0.1) is 11.3 Å². The van der Waals surface area contributed by atoms with Crippen molar-refractivity contribution in [1.29, 1.82) is 0 Å². The molecule has 1 saturated carbocycles. The first-order valence-electron chi connectivity index (χ1n) is 7.23. The molecule has 1 saturated heterocycles. The second-order valence-electron chi connectivity index (χ2n) is 6.19. The lowest BCUT2D eigenvalue weighted by molar-refractivity contribution is -0.143. The van der Waals surface area contributed by atoms with Crippen molar-refractivity contribution in [2.24, 2.45) is 17.1 Å². The predicted octanol–water partition coefficient (Wildman–Crippen LogP) is 1.12. The number of nitrogens with zero attached hydrogens (tertiary/aromatic N) is 1. The molecule has 1 amide bonds. The van der Waals surface area contributed by atoms with Gasteiger partial charge >= 0.3 is 0 Å².